The van der Waals surface area contributed by atoms with E-state index in [1.165, 1.54) is 12.1 Å². The summed E-state index contributed by atoms with van der Waals surface area (Å²) in [5.74, 6) is 0. The Bertz CT molecular complexity index is 740. The topological polar surface area (TPSA) is 36.7 Å². The van der Waals surface area contributed by atoms with Gasteiger partial charge in [0.05, 0.1) is 5.69 Å². The van der Waals surface area contributed by atoms with E-state index in [1.807, 2.05) is 10.7 Å². The Morgan fingerprint density at radius 3 is 2.75 bits per heavy atom. The third kappa shape index (κ3) is 3.46. The van der Waals surface area contributed by atoms with E-state index in [2.05, 4.69) is 68.5 Å². The van der Waals surface area contributed by atoms with Crippen molar-refractivity contribution in [1.82, 2.24) is 24.4 Å². The Morgan fingerprint density at radius 2 is 2.12 bits per heavy atom. The number of likely N-dealkylation sites (tertiary alicyclic amines) is 1. The van der Waals surface area contributed by atoms with Crippen LogP contribution in [0.1, 0.15) is 45.0 Å². The zero-order valence-electron chi connectivity index (χ0n) is 15.6. The molecule has 2 aromatic heterocycles. The van der Waals surface area contributed by atoms with Gasteiger partial charge in [0.25, 0.3) is 0 Å². The molecule has 1 fully saturated rings. The van der Waals surface area contributed by atoms with Crippen molar-refractivity contribution in [3.63, 3.8) is 0 Å². The van der Waals surface area contributed by atoms with E-state index in [-0.39, 0.29) is 5.41 Å². The molecule has 0 N–H and O–H groups in total. The number of likely N-dealkylation sites (N-methyl/N-ethyl adjacent to an activating group) is 2. The molecule has 3 heterocycles. The second kappa shape index (κ2) is 6.20. The van der Waals surface area contributed by atoms with Gasteiger partial charge in [-0.2, -0.15) is 5.10 Å². The van der Waals surface area contributed by atoms with Crippen LogP contribution in [-0.4, -0.2) is 51.1 Å². The van der Waals surface area contributed by atoms with Gasteiger partial charge in [0, 0.05) is 55.2 Å². The van der Waals surface area contributed by atoms with E-state index in [9.17, 15) is 0 Å². The molecule has 0 spiro atoms. The third-order valence-corrected chi connectivity index (χ3v) is 4.91. The number of nitrogens with zero attached hydrogens (tertiary/aromatic N) is 5. The van der Waals surface area contributed by atoms with Crippen molar-refractivity contribution in [3.8, 4) is 0 Å². The SMILES string of the molecule is C=C1CC[C@@H](CN(C)Cc2cc3nc(C(C)(C)C)ccn3n2)N1C. The van der Waals surface area contributed by atoms with Crippen LogP contribution in [0.2, 0.25) is 0 Å². The molecule has 3 rings (SSSR count). The van der Waals surface area contributed by atoms with Crippen LogP contribution >= 0.6 is 0 Å². The molecule has 0 aromatic carbocycles. The molecule has 24 heavy (non-hydrogen) atoms. The number of rotatable bonds is 4. The summed E-state index contributed by atoms with van der Waals surface area (Å²) < 4.78 is 1.88. The molecule has 1 saturated heterocycles. The Morgan fingerprint density at radius 1 is 1.38 bits per heavy atom. The molecule has 2 aromatic rings. The monoisotopic (exact) mass is 327 g/mol. The van der Waals surface area contributed by atoms with Gasteiger partial charge >= 0.3 is 0 Å². The van der Waals surface area contributed by atoms with Gasteiger partial charge in [0.1, 0.15) is 0 Å². The van der Waals surface area contributed by atoms with Crippen molar-refractivity contribution >= 4 is 5.65 Å². The molecule has 0 bridgehead atoms. The standard InChI is InChI=1S/C19H29N5/c1-14-7-8-16(23(14)6)13-22(5)12-15-11-18-20-17(19(2,3)4)9-10-24(18)21-15/h9-11,16H,1,7-8,12-13H2,2-6H3/t16-/m0/s1. The second-order valence-corrected chi connectivity index (χ2v) is 8.07. The number of allylic oxidation sites excluding steroid dienone is 1. The molecular weight excluding hydrogens is 298 g/mol. The number of aromatic nitrogens is 3. The van der Waals surface area contributed by atoms with Crippen LogP contribution in [0, 0.1) is 0 Å². The minimum absolute atomic E-state index is 0.0540. The van der Waals surface area contributed by atoms with Crippen molar-refractivity contribution in [1.29, 1.82) is 0 Å². The lowest BCUT2D eigenvalue weighted by Crippen LogP contribution is -2.35. The van der Waals surface area contributed by atoms with Crippen LogP contribution in [0.15, 0.2) is 30.6 Å². The van der Waals surface area contributed by atoms with E-state index in [0.29, 0.717) is 6.04 Å². The highest BCUT2D eigenvalue weighted by Gasteiger charge is 2.24. The Balaban J connectivity index is 1.70. The van der Waals surface area contributed by atoms with E-state index in [1.54, 1.807) is 0 Å². The smallest absolute Gasteiger partial charge is 0.155 e. The summed E-state index contributed by atoms with van der Waals surface area (Å²) in [4.78, 5) is 9.42. The number of hydrogen-bond donors (Lipinski definition) is 0. The van der Waals surface area contributed by atoms with Crippen molar-refractivity contribution in [2.45, 2.75) is 51.6 Å². The van der Waals surface area contributed by atoms with Gasteiger partial charge in [-0.15, -0.1) is 0 Å². The highest BCUT2D eigenvalue weighted by Crippen LogP contribution is 2.25. The highest BCUT2D eigenvalue weighted by molar-refractivity contribution is 5.40. The first-order valence-electron chi connectivity index (χ1n) is 8.69. The molecule has 0 saturated carbocycles. The van der Waals surface area contributed by atoms with Crippen molar-refractivity contribution in [3.05, 3.63) is 42.0 Å². The lowest BCUT2D eigenvalue weighted by Gasteiger charge is -2.27. The molecule has 0 amide bonds. The Hall–Kier alpha value is -1.88. The maximum absolute atomic E-state index is 4.76. The van der Waals surface area contributed by atoms with Gasteiger partial charge < -0.3 is 4.90 Å². The summed E-state index contributed by atoms with van der Waals surface area (Å²) in [5, 5.41) is 4.67. The van der Waals surface area contributed by atoms with Gasteiger partial charge in [-0.1, -0.05) is 27.4 Å². The van der Waals surface area contributed by atoms with Gasteiger partial charge in [-0.05, 0) is 26.0 Å². The maximum atomic E-state index is 4.76. The first-order valence-corrected chi connectivity index (χ1v) is 8.69. The van der Waals surface area contributed by atoms with E-state index < -0.39 is 0 Å². The summed E-state index contributed by atoms with van der Waals surface area (Å²) in [6.45, 7) is 12.5. The van der Waals surface area contributed by atoms with Crippen molar-refractivity contribution in [2.75, 3.05) is 20.6 Å². The predicted octanol–water partition coefficient (Wildman–Crippen LogP) is 3.07. The largest absolute Gasteiger partial charge is 0.374 e. The lowest BCUT2D eigenvalue weighted by molar-refractivity contribution is 0.229. The average molecular weight is 327 g/mol. The molecule has 0 unspecified atom stereocenters. The molecule has 1 aliphatic rings. The van der Waals surface area contributed by atoms with Crippen LogP contribution in [0.3, 0.4) is 0 Å². The van der Waals surface area contributed by atoms with E-state index in [4.69, 9.17) is 4.98 Å². The molecular formula is C19H29N5. The Labute approximate surface area is 145 Å². The number of hydrogen-bond acceptors (Lipinski definition) is 4. The van der Waals surface area contributed by atoms with E-state index >= 15 is 0 Å². The minimum Gasteiger partial charge on any atom is -0.374 e. The molecule has 0 radical (unpaired) electrons. The lowest BCUT2D eigenvalue weighted by atomic mass is 9.92. The van der Waals surface area contributed by atoms with Crippen molar-refractivity contribution < 1.29 is 0 Å². The summed E-state index contributed by atoms with van der Waals surface area (Å²) in [5.41, 5.74) is 4.40. The van der Waals surface area contributed by atoms with Gasteiger partial charge in [0.15, 0.2) is 5.65 Å². The summed E-state index contributed by atoms with van der Waals surface area (Å²) >= 11 is 0. The minimum atomic E-state index is 0.0540. The van der Waals surface area contributed by atoms with Crippen molar-refractivity contribution in [2.24, 2.45) is 0 Å². The maximum Gasteiger partial charge on any atom is 0.155 e. The van der Waals surface area contributed by atoms with Gasteiger partial charge in [-0.3, -0.25) is 4.90 Å². The van der Waals surface area contributed by atoms with Crippen LogP contribution < -0.4 is 0 Å². The van der Waals surface area contributed by atoms with Crippen LogP contribution in [0.25, 0.3) is 5.65 Å². The summed E-state index contributed by atoms with van der Waals surface area (Å²) in [6.07, 6.45) is 4.32. The molecule has 5 nitrogen and oxygen atoms in total. The van der Waals surface area contributed by atoms with Crippen LogP contribution in [0.5, 0.6) is 0 Å². The van der Waals surface area contributed by atoms with Crippen LogP contribution in [-0.2, 0) is 12.0 Å². The highest BCUT2D eigenvalue weighted by atomic mass is 15.3. The fourth-order valence-electron chi connectivity index (χ4n) is 3.30. The number of fused-ring (bicyclic) bond motifs is 1. The first kappa shape index (κ1) is 17.0. The fourth-order valence-corrected chi connectivity index (χ4v) is 3.30. The van der Waals surface area contributed by atoms with E-state index in [0.717, 1.165) is 36.5 Å². The molecule has 130 valence electrons. The normalized spacial score (nSPS) is 19.0. The predicted molar refractivity (Wildman–Crippen MR) is 97.9 cm³/mol. The molecule has 0 aliphatic carbocycles. The molecule has 5 heteroatoms. The molecule has 1 atom stereocenters. The van der Waals surface area contributed by atoms with Gasteiger partial charge in [0.2, 0.25) is 0 Å². The molecule has 1 aliphatic heterocycles. The summed E-state index contributed by atoms with van der Waals surface area (Å²) in [7, 11) is 4.31. The summed E-state index contributed by atoms with van der Waals surface area (Å²) in [6, 6.07) is 4.72. The second-order valence-electron chi connectivity index (χ2n) is 8.07. The quantitative estimate of drug-likeness (QED) is 0.865. The van der Waals surface area contributed by atoms with Gasteiger partial charge in [-0.25, -0.2) is 9.50 Å². The zero-order chi connectivity index (χ0) is 17.5. The first-order chi connectivity index (χ1) is 11.2. The fraction of sp³-hybridized carbons (Fsp3) is 0.579. The third-order valence-electron chi connectivity index (χ3n) is 4.91. The van der Waals surface area contributed by atoms with Crippen LogP contribution in [0.4, 0.5) is 0 Å². The average Bonchev–Trinajstić information content (AvgIpc) is 3.03. The Kier molecular flexibility index (Phi) is 4.38. The zero-order valence-corrected chi connectivity index (χ0v) is 15.6.